The predicted molar refractivity (Wildman–Crippen MR) is 108 cm³/mol. The van der Waals surface area contributed by atoms with Crippen molar-refractivity contribution < 1.29 is 9.18 Å². The summed E-state index contributed by atoms with van der Waals surface area (Å²) in [4.78, 5) is 19.5. The fourth-order valence-electron chi connectivity index (χ4n) is 3.81. The molecule has 142 valence electrons. The Hall–Kier alpha value is -3.01. The maximum atomic E-state index is 13.1. The number of likely N-dealkylation sites (tertiary alicyclic amines) is 1. The van der Waals surface area contributed by atoms with E-state index in [4.69, 9.17) is 4.98 Å². The van der Waals surface area contributed by atoms with Gasteiger partial charge in [-0.05, 0) is 54.8 Å². The number of carbonyl (C=O) groups is 1. The summed E-state index contributed by atoms with van der Waals surface area (Å²) in [7, 11) is 0. The lowest BCUT2D eigenvalue weighted by Gasteiger charge is -2.32. The summed E-state index contributed by atoms with van der Waals surface area (Å²) in [6.07, 6.45) is 2.77. The van der Waals surface area contributed by atoms with Crippen LogP contribution in [0.3, 0.4) is 0 Å². The number of hydrogen-bond acceptors (Lipinski definition) is 2. The van der Waals surface area contributed by atoms with Gasteiger partial charge in [-0.1, -0.05) is 36.4 Å². The van der Waals surface area contributed by atoms with Gasteiger partial charge in [0.15, 0.2) is 0 Å². The Morgan fingerprint density at radius 3 is 2.57 bits per heavy atom. The minimum absolute atomic E-state index is 0.0369. The highest BCUT2D eigenvalue weighted by Gasteiger charge is 2.26. The number of halogens is 1. The first-order chi connectivity index (χ1) is 13.7. The summed E-state index contributed by atoms with van der Waals surface area (Å²) in [5, 5.41) is 0. The molecule has 28 heavy (non-hydrogen) atoms. The third kappa shape index (κ3) is 4.28. The number of hydrogen-bond donors (Lipinski definition) is 0. The van der Waals surface area contributed by atoms with E-state index >= 15 is 0 Å². The van der Waals surface area contributed by atoms with Crippen LogP contribution in [0, 0.1) is 5.82 Å². The number of nitrogens with zero attached hydrogens (tertiary/aromatic N) is 2. The van der Waals surface area contributed by atoms with Gasteiger partial charge in [-0.15, -0.1) is 0 Å². The molecule has 1 aliphatic rings. The molecule has 0 aliphatic carbocycles. The molecule has 1 amide bonds. The zero-order valence-electron chi connectivity index (χ0n) is 15.7. The second-order valence-electron chi connectivity index (χ2n) is 7.31. The van der Waals surface area contributed by atoms with Crippen LogP contribution in [-0.4, -0.2) is 28.9 Å². The van der Waals surface area contributed by atoms with Crippen LogP contribution >= 0.6 is 0 Å². The quantitative estimate of drug-likeness (QED) is 0.655. The van der Waals surface area contributed by atoms with Crippen molar-refractivity contribution in [2.24, 2.45) is 0 Å². The van der Waals surface area contributed by atoms with E-state index in [0.717, 1.165) is 37.2 Å². The largest absolute Gasteiger partial charge is 0.338 e. The number of piperidine rings is 1. The van der Waals surface area contributed by atoms with Crippen molar-refractivity contribution in [1.29, 1.82) is 0 Å². The molecule has 0 bridgehead atoms. The molecular formula is C24H23FN2O. The molecule has 4 rings (SSSR count). The van der Waals surface area contributed by atoms with Crippen LogP contribution in [0.15, 0.2) is 72.8 Å². The lowest BCUT2D eigenvalue weighted by atomic mass is 9.93. The van der Waals surface area contributed by atoms with Crippen molar-refractivity contribution in [1.82, 2.24) is 9.88 Å². The van der Waals surface area contributed by atoms with Crippen molar-refractivity contribution in [3.8, 4) is 0 Å². The molecule has 1 saturated heterocycles. The van der Waals surface area contributed by atoms with Gasteiger partial charge in [0.1, 0.15) is 5.82 Å². The molecule has 3 nitrogen and oxygen atoms in total. The number of pyridine rings is 1. The Balaban J connectivity index is 1.48. The van der Waals surface area contributed by atoms with E-state index in [9.17, 15) is 9.18 Å². The first-order valence-corrected chi connectivity index (χ1v) is 9.73. The van der Waals surface area contributed by atoms with Gasteiger partial charge in [-0.3, -0.25) is 9.78 Å². The normalized spacial score (nSPS) is 16.8. The number of amides is 1. The third-order valence-corrected chi connectivity index (χ3v) is 5.27. The summed E-state index contributed by atoms with van der Waals surface area (Å²) in [6.45, 7) is 1.38. The molecule has 1 aliphatic heterocycles. The first-order valence-electron chi connectivity index (χ1n) is 9.73. The molecule has 0 unspecified atom stereocenters. The van der Waals surface area contributed by atoms with Gasteiger partial charge in [0.2, 0.25) is 0 Å². The summed E-state index contributed by atoms with van der Waals surface area (Å²) in [5.74, 6) is -0.133. The van der Waals surface area contributed by atoms with Crippen LogP contribution in [0.4, 0.5) is 4.39 Å². The smallest absolute Gasteiger partial charge is 0.253 e. The maximum absolute atomic E-state index is 13.1. The second kappa shape index (κ2) is 8.34. The van der Waals surface area contributed by atoms with Gasteiger partial charge in [0.05, 0.1) is 0 Å². The standard InChI is InChI=1S/C24H23FN2O/c25-21-13-11-19(12-14-21)24(28)27-15-5-8-20(17-27)23-10-4-9-22(26-23)16-18-6-2-1-3-7-18/h1-4,6-7,9-14,20H,5,8,15-17H2/t20-/m0/s1. The van der Waals surface area contributed by atoms with Gasteiger partial charge in [0, 0.05) is 42.4 Å². The number of benzene rings is 2. The number of rotatable bonds is 4. The summed E-state index contributed by atoms with van der Waals surface area (Å²) < 4.78 is 13.1. The van der Waals surface area contributed by atoms with Crippen LogP contribution < -0.4 is 0 Å². The van der Waals surface area contributed by atoms with Crippen molar-refractivity contribution in [3.05, 3.63) is 101 Å². The zero-order valence-corrected chi connectivity index (χ0v) is 15.7. The average molecular weight is 374 g/mol. The Morgan fingerprint density at radius 2 is 1.79 bits per heavy atom. The van der Waals surface area contributed by atoms with Crippen LogP contribution in [0.1, 0.15) is 46.1 Å². The van der Waals surface area contributed by atoms with Gasteiger partial charge in [-0.25, -0.2) is 4.39 Å². The predicted octanol–water partition coefficient (Wildman–Crippen LogP) is 4.83. The molecule has 1 fully saturated rings. The second-order valence-corrected chi connectivity index (χ2v) is 7.31. The zero-order chi connectivity index (χ0) is 19.3. The molecule has 4 heteroatoms. The van der Waals surface area contributed by atoms with E-state index in [1.807, 2.05) is 23.1 Å². The van der Waals surface area contributed by atoms with Crippen LogP contribution in [-0.2, 0) is 6.42 Å². The summed E-state index contributed by atoms with van der Waals surface area (Å²) in [5.41, 5.74) is 3.87. The lowest BCUT2D eigenvalue weighted by Crippen LogP contribution is -2.39. The van der Waals surface area contributed by atoms with Crippen molar-refractivity contribution in [2.75, 3.05) is 13.1 Å². The maximum Gasteiger partial charge on any atom is 0.253 e. The highest BCUT2D eigenvalue weighted by atomic mass is 19.1. The molecule has 0 radical (unpaired) electrons. The van der Waals surface area contributed by atoms with Crippen molar-refractivity contribution >= 4 is 5.91 Å². The lowest BCUT2D eigenvalue weighted by molar-refractivity contribution is 0.0706. The molecule has 2 heterocycles. The molecule has 1 aromatic heterocycles. The van der Waals surface area contributed by atoms with Gasteiger partial charge < -0.3 is 4.90 Å². The fraction of sp³-hybridized carbons (Fsp3) is 0.250. The monoisotopic (exact) mass is 374 g/mol. The summed E-state index contributed by atoms with van der Waals surface area (Å²) >= 11 is 0. The third-order valence-electron chi connectivity index (χ3n) is 5.27. The van der Waals surface area contributed by atoms with Gasteiger partial charge >= 0.3 is 0 Å². The van der Waals surface area contributed by atoms with Crippen LogP contribution in [0.25, 0.3) is 0 Å². The Labute approximate surface area is 164 Å². The molecular weight excluding hydrogens is 351 g/mol. The van der Waals surface area contributed by atoms with Crippen molar-refractivity contribution in [2.45, 2.75) is 25.2 Å². The van der Waals surface area contributed by atoms with E-state index in [1.54, 1.807) is 12.1 Å². The molecule has 0 spiro atoms. The van der Waals surface area contributed by atoms with E-state index in [1.165, 1.54) is 17.7 Å². The topological polar surface area (TPSA) is 33.2 Å². The van der Waals surface area contributed by atoms with Crippen molar-refractivity contribution in [3.63, 3.8) is 0 Å². The van der Waals surface area contributed by atoms with Gasteiger partial charge in [-0.2, -0.15) is 0 Å². The molecule has 0 saturated carbocycles. The van der Waals surface area contributed by atoms with Crippen LogP contribution in [0.5, 0.6) is 0 Å². The minimum atomic E-state index is -0.326. The first kappa shape index (κ1) is 18.4. The minimum Gasteiger partial charge on any atom is -0.338 e. The fourth-order valence-corrected chi connectivity index (χ4v) is 3.81. The molecule has 1 atom stereocenters. The Kier molecular flexibility index (Phi) is 5.47. The van der Waals surface area contributed by atoms with Gasteiger partial charge in [0.25, 0.3) is 5.91 Å². The number of carbonyl (C=O) groups excluding carboxylic acids is 1. The van der Waals surface area contributed by atoms with E-state index < -0.39 is 0 Å². The molecule has 0 N–H and O–H groups in total. The highest BCUT2D eigenvalue weighted by Crippen LogP contribution is 2.27. The number of aromatic nitrogens is 1. The van der Waals surface area contributed by atoms with E-state index in [0.29, 0.717) is 12.1 Å². The highest BCUT2D eigenvalue weighted by molar-refractivity contribution is 5.94. The molecule has 2 aromatic carbocycles. The van der Waals surface area contributed by atoms with E-state index in [2.05, 4.69) is 30.3 Å². The van der Waals surface area contributed by atoms with E-state index in [-0.39, 0.29) is 17.6 Å². The molecule has 3 aromatic rings. The SMILES string of the molecule is O=C(c1ccc(F)cc1)N1CCC[C@H](c2cccc(Cc3ccccc3)n2)C1. The average Bonchev–Trinajstić information content (AvgIpc) is 2.75. The van der Waals surface area contributed by atoms with Crippen LogP contribution in [0.2, 0.25) is 0 Å². The summed E-state index contributed by atoms with van der Waals surface area (Å²) in [6, 6.07) is 22.3. The Morgan fingerprint density at radius 1 is 1.00 bits per heavy atom. The Bertz CT molecular complexity index is 940.